The molecule has 1 aliphatic heterocycles. The standard InChI is InChI=1S/C20H27N5O2S/c1-4-24(5-2)20(27)25-12-8-9-15(13-25)18(26)23-19-22-14(3)17(28-19)16-10-6-7-11-21-16/h6-7,10-11,15H,4-5,8-9,12-13H2,1-3H3,(H,22,23,26)/t15-/m1/s1. The van der Waals surface area contributed by atoms with E-state index in [1.165, 1.54) is 11.3 Å². The molecule has 2 aromatic heterocycles. The van der Waals surface area contributed by atoms with Crippen LogP contribution in [-0.4, -0.2) is 57.9 Å². The van der Waals surface area contributed by atoms with Crippen molar-refractivity contribution in [2.45, 2.75) is 33.6 Å². The second-order valence-electron chi connectivity index (χ2n) is 6.88. The largest absolute Gasteiger partial charge is 0.325 e. The number of carbonyl (C=O) groups is 2. The number of thiazole rings is 1. The van der Waals surface area contributed by atoms with E-state index in [9.17, 15) is 9.59 Å². The van der Waals surface area contributed by atoms with E-state index in [1.54, 1.807) is 16.0 Å². The molecule has 8 heteroatoms. The first kappa shape index (κ1) is 20.3. The van der Waals surface area contributed by atoms with Crippen LogP contribution in [0.15, 0.2) is 24.4 Å². The highest BCUT2D eigenvalue weighted by Gasteiger charge is 2.30. The van der Waals surface area contributed by atoms with Crippen molar-refractivity contribution in [2.24, 2.45) is 5.92 Å². The maximum atomic E-state index is 12.8. The molecule has 3 amide bonds. The van der Waals surface area contributed by atoms with Gasteiger partial charge in [-0.3, -0.25) is 9.78 Å². The summed E-state index contributed by atoms with van der Waals surface area (Å²) in [5, 5.41) is 3.53. The van der Waals surface area contributed by atoms with Crippen molar-refractivity contribution in [1.82, 2.24) is 19.8 Å². The van der Waals surface area contributed by atoms with E-state index < -0.39 is 0 Å². The minimum atomic E-state index is -0.212. The molecule has 2 aromatic rings. The lowest BCUT2D eigenvalue weighted by molar-refractivity contribution is -0.121. The van der Waals surface area contributed by atoms with Gasteiger partial charge < -0.3 is 15.1 Å². The summed E-state index contributed by atoms with van der Waals surface area (Å²) in [6.45, 7) is 8.38. The average molecular weight is 402 g/mol. The van der Waals surface area contributed by atoms with Crippen molar-refractivity contribution in [2.75, 3.05) is 31.5 Å². The van der Waals surface area contributed by atoms with E-state index >= 15 is 0 Å². The molecule has 0 saturated carbocycles. The molecule has 7 nitrogen and oxygen atoms in total. The second-order valence-corrected chi connectivity index (χ2v) is 7.88. The van der Waals surface area contributed by atoms with Crippen LogP contribution < -0.4 is 5.32 Å². The third-order valence-corrected chi connectivity index (χ3v) is 6.12. The Hall–Kier alpha value is -2.48. The van der Waals surface area contributed by atoms with Crippen LogP contribution in [0.3, 0.4) is 0 Å². The van der Waals surface area contributed by atoms with Crippen LogP contribution in [0.2, 0.25) is 0 Å². The van der Waals surface area contributed by atoms with Gasteiger partial charge in [0.2, 0.25) is 5.91 Å². The summed E-state index contributed by atoms with van der Waals surface area (Å²) in [4.78, 5) is 38.8. The number of nitrogens with zero attached hydrogens (tertiary/aromatic N) is 4. The Bertz CT molecular complexity index is 819. The van der Waals surface area contributed by atoms with Gasteiger partial charge in [0, 0.05) is 32.4 Å². The normalized spacial score (nSPS) is 16.7. The molecular weight excluding hydrogens is 374 g/mol. The van der Waals surface area contributed by atoms with Crippen LogP contribution in [0.4, 0.5) is 9.93 Å². The van der Waals surface area contributed by atoms with Crippen molar-refractivity contribution in [1.29, 1.82) is 0 Å². The molecule has 0 bridgehead atoms. The molecule has 1 saturated heterocycles. The van der Waals surface area contributed by atoms with Gasteiger partial charge in [0.1, 0.15) is 0 Å². The molecule has 0 unspecified atom stereocenters. The summed E-state index contributed by atoms with van der Waals surface area (Å²) in [6, 6.07) is 5.76. The first-order valence-corrected chi connectivity index (χ1v) is 10.6. The van der Waals surface area contributed by atoms with E-state index in [1.807, 2.05) is 39.0 Å². The molecule has 28 heavy (non-hydrogen) atoms. The summed E-state index contributed by atoms with van der Waals surface area (Å²) >= 11 is 1.43. The van der Waals surface area contributed by atoms with Gasteiger partial charge in [-0.05, 0) is 45.7 Å². The lowest BCUT2D eigenvalue weighted by Crippen LogP contribution is -2.49. The van der Waals surface area contributed by atoms with Crippen molar-refractivity contribution >= 4 is 28.4 Å². The SMILES string of the molecule is CCN(CC)C(=O)N1CCC[C@@H](C(=O)Nc2nc(C)c(-c3ccccn3)s2)C1. The number of aromatic nitrogens is 2. The highest BCUT2D eigenvalue weighted by molar-refractivity contribution is 7.19. The molecule has 1 N–H and O–H groups in total. The molecule has 0 aliphatic carbocycles. The number of pyridine rings is 1. The number of anilines is 1. The number of likely N-dealkylation sites (tertiary alicyclic amines) is 1. The van der Waals surface area contributed by atoms with Crippen LogP contribution >= 0.6 is 11.3 Å². The minimum Gasteiger partial charge on any atom is -0.325 e. The Kier molecular flexibility index (Phi) is 6.61. The lowest BCUT2D eigenvalue weighted by atomic mass is 9.97. The summed E-state index contributed by atoms with van der Waals surface area (Å²) in [7, 11) is 0. The Balaban J connectivity index is 1.65. The number of aryl methyl sites for hydroxylation is 1. The quantitative estimate of drug-likeness (QED) is 0.830. The van der Waals surface area contributed by atoms with Gasteiger partial charge in [-0.25, -0.2) is 9.78 Å². The Labute approximate surface area is 169 Å². The topological polar surface area (TPSA) is 78.4 Å². The van der Waals surface area contributed by atoms with Gasteiger partial charge in [-0.15, -0.1) is 0 Å². The van der Waals surface area contributed by atoms with Crippen molar-refractivity contribution in [3.8, 4) is 10.6 Å². The van der Waals surface area contributed by atoms with Crippen molar-refractivity contribution in [3.63, 3.8) is 0 Å². The zero-order valence-corrected chi connectivity index (χ0v) is 17.5. The molecule has 150 valence electrons. The van der Waals surface area contributed by atoms with Crippen LogP contribution in [0.5, 0.6) is 0 Å². The molecule has 1 atom stereocenters. The minimum absolute atomic E-state index is 0.0185. The fourth-order valence-electron chi connectivity index (χ4n) is 3.45. The van der Waals surface area contributed by atoms with Crippen LogP contribution in [0.25, 0.3) is 10.6 Å². The van der Waals surface area contributed by atoms with Crippen molar-refractivity contribution in [3.05, 3.63) is 30.1 Å². The molecular formula is C20H27N5O2S. The van der Waals surface area contributed by atoms with E-state index in [0.29, 0.717) is 31.3 Å². The van der Waals surface area contributed by atoms with Crippen LogP contribution in [0.1, 0.15) is 32.4 Å². The highest BCUT2D eigenvalue weighted by atomic mass is 32.1. The maximum Gasteiger partial charge on any atom is 0.320 e. The van der Waals surface area contributed by atoms with E-state index in [-0.39, 0.29) is 17.9 Å². The molecule has 3 heterocycles. The summed E-state index contributed by atoms with van der Waals surface area (Å²) in [6.07, 6.45) is 3.36. The van der Waals surface area contributed by atoms with Crippen LogP contribution in [0, 0.1) is 12.8 Å². The van der Waals surface area contributed by atoms with Gasteiger partial charge in [0.25, 0.3) is 0 Å². The molecule has 1 fully saturated rings. The number of piperidine rings is 1. The number of carbonyl (C=O) groups excluding carboxylic acids is 2. The molecule has 1 aliphatic rings. The highest BCUT2D eigenvalue weighted by Crippen LogP contribution is 2.31. The first-order valence-electron chi connectivity index (χ1n) is 9.77. The monoisotopic (exact) mass is 401 g/mol. The third kappa shape index (κ3) is 4.49. The van der Waals surface area contributed by atoms with Gasteiger partial charge in [-0.1, -0.05) is 17.4 Å². The first-order chi connectivity index (χ1) is 13.5. The maximum absolute atomic E-state index is 12.8. The van der Waals surface area contributed by atoms with Crippen LogP contribution in [-0.2, 0) is 4.79 Å². The Morgan fingerprint density at radius 1 is 1.32 bits per heavy atom. The second kappa shape index (κ2) is 9.14. The Morgan fingerprint density at radius 3 is 2.79 bits per heavy atom. The number of urea groups is 1. The summed E-state index contributed by atoms with van der Waals surface area (Å²) < 4.78 is 0. The van der Waals surface area contributed by atoms with Gasteiger partial charge in [0.05, 0.1) is 22.2 Å². The van der Waals surface area contributed by atoms with Gasteiger partial charge in [0.15, 0.2) is 5.13 Å². The molecule has 0 spiro atoms. The van der Waals surface area contributed by atoms with E-state index in [4.69, 9.17) is 0 Å². The van der Waals surface area contributed by atoms with E-state index in [2.05, 4.69) is 15.3 Å². The number of nitrogens with one attached hydrogen (secondary N) is 1. The fourth-order valence-corrected chi connectivity index (χ4v) is 4.40. The number of hydrogen-bond donors (Lipinski definition) is 1. The third-order valence-electron chi connectivity index (χ3n) is 5.02. The van der Waals surface area contributed by atoms with Gasteiger partial charge in [-0.2, -0.15) is 0 Å². The Morgan fingerprint density at radius 2 is 2.11 bits per heavy atom. The number of amides is 3. The number of rotatable bonds is 5. The predicted octanol–water partition coefficient (Wildman–Crippen LogP) is 3.63. The zero-order chi connectivity index (χ0) is 20.1. The summed E-state index contributed by atoms with van der Waals surface area (Å²) in [5.41, 5.74) is 1.70. The summed E-state index contributed by atoms with van der Waals surface area (Å²) in [5.74, 6) is -0.283. The number of hydrogen-bond acceptors (Lipinski definition) is 5. The molecule has 0 radical (unpaired) electrons. The molecule has 0 aromatic carbocycles. The fraction of sp³-hybridized carbons (Fsp3) is 0.500. The van der Waals surface area contributed by atoms with E-state index in [0.717, 1.165) is 29.1 Å². The van der Waals surface area contributed by atoms with Gasteiger partial charge >= 0.3 is 6.03 Å². The zero-order valence-electron chi connectivity index (χ0n) is 16.6. The average Bonchev–Trinajstić information content (AvgIpc) is 3.09. The molecule has 3 rings (SSSR count). The smallest absolute Gasteiger partial charge is 0.320 e. The van der Waals surface area contributed by atoms with Crippen molar-refractivity contribution < 1.29 is 9.59 Å². The predicted molar refractivity (Wildman–Crippen MR) is 111 cm³/mol. The lowest BCUT2D eigenvalue weighted by Gasteiger charge is -2.35.